The summed E-state index contributed by atoms with van der Waals surface area (Å²) in [5.41, 5.74) is 2.72. The van der Waals surface area contributed by atoms with Gasteiger partial charge in [0.05, 0.1) is 16.5 Å². The second kappa shape index (κ2) is 6.74. The van der Waals surface area contributed by atoms with Crippen LogP contribution >= 0.6 is 11.6 Å². The molecule has 0 aliphatic carbocycles. The Kier molecular flexibility index (Phi) is 4.77. The maximum atomic E-state index is 12.6. The van der Waals surface area contributed by atoms with Gasteiger partial charge in [0.1, 0.15) is 0 Å². The van der Waals surface area contributed by atoms with Crippen LogP contribution in [0.3, 0.4) is 0 Å². The summed E-state index contributed by atoms with van der Waals surface area (Å²) >= 11 is 6.09. The Morgan fingerprint density at radius 2 is 1.81 bits per heavy atom. The molecule has 1 aliphatic rings. The zero-order valence-electron chi connectivity index (χ0n) is 14.2. The normalized spacial score (nSPS) is 16.0. The highest BCUT2D eigenvalue weighted by atomic mass is 35.5. The fourth-order valence-electron chi connectivity index (χ4n) is 2.86. The first-order chi connectivity index (χ1) is 12.2. The average Bonchev–Trinajstić information content (AvgIpc) is 2.85. The summed E-state index contributed by atoms with van der Waals surface area (Å²) < 4.78 is 25.0. The Hall–Kier alpha value is -2.38. The van der Waals surface area contributed by atoms with Gasteiger partial charge in [-0.1, -0.05) is 29.8 Å². The summed E-state index contributed by atoms with van der Waals surface area (Å²) in [6.07, 6.45) is -0.0997. The molecule has 2 amide bonds. The molecule has 2 aromatic rings. The number of sulfonamides is 1. The number of aryl methyl sites for hydroxylation is 2. The second-order valence-corrected chi connectivity index (χ2v) is 8.46. The lowest BCUT2D eigenvalue weighted by Gasteiger charge is -2.18. The molecule has 8 heteroatoms. The highest BCUT2D eigenvalue weighted by Gasteiger charge is 2.37. The number of rotatable bonds is 3. The summed E-state index contributed by atoms with van der Waals surface area (Å²) in [5, 5.41) is 2.92. The molecule has 1 heterocycles. The number of halogens is 1. The van der Waals surface area contributed by atoms with Crippen molar-refractivity contribution in [2.24, 2.45) is 0 Å². The van der Waals surface area contributed by atoms with Crippen molar-refractivity contribution >= 4 is 44.8 Å². The summed E-state index contributed by atoms with van der Waals surface area (Å²) in [7, 11) is -3.76. The van der Waals surface area contributed by atoms with Gasteiger partial charge in [0.2, 0.25) is 15.9 Å². The third-order valence-corrected chi connectivity index (χ3v) is 6.22. The van der Waals surface area contributed by atoms with Crippen molar-refractivity contribution < 1.29 is 18.0 Å². The van der Waals surface area contributed by atoms with E-state index in [-0.39, 0.29) is 28.4 Å². The first-order valence-corrected chi connectivity index (χ1v) is 9.92. The van der Waals surface area contributed by atoms with Gasteiger partial charge < -0.3 is 5.32 Å². The van der Waals surface area contributed by atoms with Gasteiger partial charge in [-0.05, 0) is 43.2 Å². The third-order valence-electron chi connectivity index (χ3n) is 4.23. The van der Waals surface area contributed by atoms with E-state index in [2.05, 4.69) is 5.32 Å². The van der Waals surface area contributed by atoms with Gasteiger partial charge >= 0.3 is 0 Å². The maximum absolute atomic E-state index is 12.6. The number of carbonyl (C=O) groups is 2. The minimum Gasteiger partial charge on any atom is -0.322 e. The molecule has 0 spiro atoms. The van der Waals surface area contributed by atoms with E-state index in [0.717, 1.165) is 11.1 Å². The number of anilines is 2. The van der Waals surface area contributed by atoms with Crippen LogP contribution in [0.5, 0.6) is 0 Å². The Morgan fingerprint density at radius 3 is 2.38 bits per heavy atom. The number of nitrogens with one attached hydrogen (secondary N) is 1. The van der Waals surface area contributed by atoms with Gasteiger partial charge in [-0.25, -0.2) is 12.7 Å². The van der Waals surface area contributed by atoms with Gasteiger partial charge in [-0.2, -0.15) is 0 Å². The van der Waals surface area contributed by atoms with Gasteiger partial charge in [0.15, 0.2) is 0 Å². The van der Waals surface area contributed by atoms with E-state index in [1.165, 1.54) is 18.2 Å². The molecule has 3 rings (SSSR count). The van der Waals surface area contributed by atoms with Crippen molar-refractivity contribution in [1.29, 1.82) is 0 Å². The van der Waals surface area contributed by atoms with Gasteiger partial charge in [0, 0.05) is 17.7 Å². The molecule has 1 aliphatic heterocycles. The molecule has 6 nitrogen and oxygen atoms in total. The van der Waals surface area contributed by atoms with E-state index in [9.17, 15) is 18.0 Å². The molecular weight excluding hydrogens is 376 g/mol. The molecule has 2 aromatic carbocycles. The molecule has 0 unspecified atom stereocenters. The SMILES string of the molecule is Cc1cccc(C)c1NC(=O)c1ccc(Cl)c(N2C(=O)CCS2(=O)=O)c1. The molecule has 0 atom stereocenters. The molecule has 1 N–H and O–H groups in total. The molecule has 0 radical (unpaired) electrons. The van der Waals surface area contributed by atoms with E-state index in [0.29, 0.717) is 9.99 Å². The van der Waals surface area contributed by atoms with Crippen molar-refractivity contribution in [2.45, 2.75) is 20.3 Å². The van der Waals surface area contributed by atoms with E-state index < -0.39 is 21.8 Å². The summed E-state index contributed by atoms with van der Waals surface area (Å²) in [6, 6.07) is 9.88. The third kappa shape index (κ3) is 3.32. The van der Waals surface area contributed by atoms with Crippen LogP contribution in [0.2, 0.25) is 5.02 Å². The Bertz CT molecular complexity index is 998. The number of hydrogen-bond acceptors (Lipinski definition) is 4. The van der Waals surface area contributed by atoms with Gasteiger partial charge in [0.25, 0.3) is 5.91 Å². The quantitative estimate of drug-likeness (QED) is 0.868. The van der Waals surface area contributed by atoms with E-state index in [1.807, 2.05) is 32.0 Å². The molecular formula is C18H17ClN2O4S. The highest BCUT2D eigenvalue weighted by molar-refractivity contribution is 7.94. The Balaban J connectivity index is 1.97. The van der Waals surface area contributed by atoms with Crippen LogP contribution in [-0.4, -0.2) is 26.0 Å². The van der Waals surface area contributed by atoms with Crippen molar-refractivity contribution in [3.05, 3.63) is 58.1 Å². The number of para-hydroxylation sites is 1. The molecule has 0 aromatic heterocycles. The fraction of sp³-hybridized carbons (Fsp3) is 0.222. The first kappa shape index (κ1) is 18.4. The van der Waals surface area contributed by atoms with Crippen molar-refractivity contribution in [3.63, 3.8) is 0 Å². The number of amides is 2. The van der Waals surface area contributed by atoms with Crippen LogP contribution in [0, 0.1) is 13.8 Å². The number of carbonyl (C=O) groups excluding carboxylic acids is 2. The highest BCUT2D eigenvalue weighted by Crippen LogP contribution is 2.33. The molecule has 1 fully saturated rings. The van der Waals surface area contributed by atoms with Crippen LogP contribution in [-0.2, 0) is 14.8 Å². The Labute approximate surface area is 156 Å². The standard InChI is InChI=1S/C18H17ClN2O4S/c1-11-4-3-5-12(2)17(11)20-18(23)13-6-7-14(19)15(10-13)21-16(22)8-9-26(21,24)25/h3-7,10H,8-9H2,1-2H3,(H,20,23). The first-order valence-electron chi connectivity index (χ1n) is 7.93. The van der Waals surface area contributed by atoms with Crippen molar-refractivity contribution in [2.75, 3.05) is 15.4 Å². The lowest BCUT2D eigenvalue weighted by atomic mass is 10.1. The number of benzene rings is 2. The summed E-state index contributed by atoms with van der Waals surface area (Å²) in [6.45, 7) is 3.76. The molecule has 136 valence electrons. The minimum atomic E-state index is -3.76. The number of nitrogens with zero attached hydrogens (tertiary/aromatic N) is 1. The lowest BCUT2D eigenvalue weighted by molar-refractivity contribution is -0.116. The van der Waals surface area contributed by atoms with Crippen LogP contribution in [0.25, 0.3) is 0 Å². The molecule has 0 bridgehead atoms. The van der Waals surface area contributed by atoms with Crippen molar-refractivity contribution in [3.8, 4) is 0 Å². The predicted octanol–water partition coefficient (Wildman–Crippen LogP) is 3.28. The molecule has 0 saturated carbocycles. The summed E-state index contributed by atoms with van der Waals surface area (Å²) in [5.74, 6) is -1.23. The van der Waals surface area contributed by atoms with Gasteiger partial charge in [-0.15, -0.1) is 0 Å². The van der Waals surface area contributed by atoms with Gasteiger partial charge in [-0.3, -0.25) is 9.59 Å². The fourth-order valence-corrected chi connectivity index (χ4v) is 4.57. The predicted molar refractivity (Wildman–Crippen MR) is 101 cm³/mol. The van der Waals surface area contributed by atoms with Crippen LogP contribution in [0.4, 0.5) is 11.4 Å². The van der Waals surface area contributed by atoms with Crippen LogP contribution < -0.4 is 9.62 Å². The molecule has 1 saturated heterocycles. The second-order valence-electron chi connectivity index (χ2n) is 6.11. The lowest BCUT2D eigenvalue weighted by Crippen LogP contribution is -2.30. The topological polar surface area (TPSA) is 83.6 Å². The monoisotopic (exact) mass is 392 g/mol. The van der Waals surface area contributed by atoms with E-state index >= 15 is 0 Å². The Morgan fingerprint density at radius 1 is 1.15 bits per heavy atom. The minimum absolute atomic E-state index is 0.00308. The van der Waals surface area contributed by atoms with Crippen molar-refractivity contribution in [1.82, 2.24) is 0 Å². The van der Waals surface area contributed by atoms with Crippen LogP contribution in [0.15, 0.2) is 36.4 Å². The largest absolute Gasteiger partial charge is 0.322 e. The average molecular weight is 393 g/mol. The van der Waals surface area contributed by atoms with E-state index in [4.69, 9.17) is 11.6 Å². The van der Waals surface area contributed by atoms with E-state index in [1.54, 1.807) is 0 Å². The summed E-state index contributed by atoms with van der Waals surface area (Å²) in [4.78, 5) is 24.6. The maximum Gasteiger partial charge on any atom is 0.255 e. The zero-order chi connectivity index (χ0) is 19.1. The number of hydrogen-bond donors (Lipinski definition) is 1. The smallest absolute Gasteiger partial charge is 0.255 e. The zero-order valence-corrected chi connectivity index (χ0v) is 15.8. The van der Waals surface area contributed by atoms with Crippen LogP contribution in [0.1, 0.15) is 27.9 Å². The molecule has 26 heavy (non-hydrogen) atoms.